The number of carbonyl (C=O) groups excluding carboxylic acids is 2. The Morgan fingerprint density at radius 1 is 1.10 bits per heavy atom. The van der Waals surface area contributed by atoms with Gasteiger partial charge in [0.2, 0.25) is 0 Å². The molecule has 0 radical (unpaired) electrons. The van der Waals surface area contributed by atoms with Crippen LogP contribution in [-0.4, -0.2) is 36.3 Å². The number of rotatable bonds is 3. The lowest BCUT2D eigenvalue weighted by Crippen LogP contribution is -2.34. The quantitative estimate of drug-likeness (QED) is 0.471. The highest BCUT2D eigenvalue weighted by molar-refractivity contribution is 7.19. The van der Waals surface area contributed by atoms with Gasteiger partial charge in [-0.1, -0.05) is 19.1 Å². The molecular formula is C22H19N5O2S. The molecule has 0 unspecified atom stereocenters. The topological polar surface area (TPSA) is 80.5 Å². The number of carbonyl (C=O) groups is 2. The molecule has 0 saturated heterocycles. The van der Waals surface area contributed by atoms with E-state index in [0.717, 1.165) is 28.7 Å². The Bertz CT molecular complexity index is 1320. The maximum Gasteiger partial charge on any atom is 0.262 e. The van der Waals surface area contributed by atoms with E-state index >= 15 is 0 Å². The second kappa shape index (κ2) is 6.43. The van der Waals surface area contributed by atoms with Crippen molar-refractivity contribution in [2.45, 2.75) is 45.1 Å². The lowest BCUT2D eigenvalue weighted by molar-refractivity contribution is 0.0570. The summed E-state index contributed by atoms with van der Waals surface area (Å²) < 4.78 is 1.69. The summed E-state index contributed by atoms with van der Waals surface area (Å²) in [6.07, 6.45) is 6.75. The van der Waals surface area contributed by atoms with Crippen molar-refractivity contribution in [3.63, 3.8) is 0 Å². The second-order valence-corrected chi connectivity index (χ2v) is 8.91. The number of aryl methyl sites for hydroxylation is 2. The average molecular weight is 417 g/mol. The molecule has 7 nitrogen and oxygen atoms in total. The van der Waals surface area contributed by atoms with Gasteiger partial charge in [0.05, 0.1) is 16.5 Å². The lowest BCUT2D eigenvalue weighted by atomic mass is 9.97. The number of benzene rings is 1. The Morgan fingerprint density at radius 2 is 1.83 bits per heavy atom. The summed E-state index contributed by atoms with van der Waals surface area (Å²) in [4.78, 5) is 39.1. The monoisotopic (exact) mass is 417 g/mol. The van der Waals surface area contributed by atoms with Gasteiger partial charge >= 0.3 is 0 Å². The Labute approximate surface area is 176 Å². The molecule has 2 amide bonds. The Kier molecular flexibility index (Phi) is 3.80. The summed E-state index contributed by atoms with van der Waals surface area (Å²) in [5.74, 6) is -0.0768. The predicted octanol–water partition coefficient (Wildman–Crippen LogP) is 3.97. The normalized spacial score (nSPS) is 17.0. The molecule has 2 aliphatic rings. The summed E-state index contributed by atoms with van der Waals surface area (Å²) >= 11 is 1.74. The second-order valence-electron chi connectivity index (χ2n) is 7.82. The molecule has 1 aliphatic carbocycles. The van der Waals surface area contributed by atoms with E-state index in [2.05, 4.69) is 10.1 Å². The molecule has 0 fully saturated rings. The van der Waals surface area contributed by atoms with Crippen LogP contribution < -0.4 is 0 Å². The first-order valence-electron chi connectivity index (χ1n) is 10.3. The number of fused-ring (bicyclic) bond motifs is 6. The molecule has 8 heteroatoms. The minimum absolute atomic E-state index is 0.280. The van der Waals surface area contributed by atoms with Crippen LogP contribution in [0, 0.1) is 0 Å². The molecule has 0 spiro atoms. The van der Waals surface area contributed by atoms with Gasteiger partial charge < -0.3 is 0 Å². The average Bonchev–Trinajstić information content (AvgIpc) is 3.43. The maximum absolute atomic E-state index is 13.0. The molecule has 6 rings (SSSR count). The smallest absolute Gasteiger partial charge is 0.262 e. The molecule has 150 valence electrons. The molecule has 0 bridgehead atoms. The van der Waals surface area contributed by atoms with Crippen molar-refractivity contribution < 1.29 is 9.59 Å². The van der Waals surface area contributed by atoms with Crippen molar-refractivity contribution in [3.05, 3.63) is 58.0 Å². The van der Waals surface area contributed by atoms with Crippen LogP contribution in [0.15, 0.2) is 30.6 Å². The summed E-state index contributed by atoms with van der Waals surface area (Å²) in [6, 6.07) is 6.44. The minimum Gasteiger partial charge on any atom is -0.269 e. The molecule has 0 N–H and O–H groups in total. The fourth-order valence-corrected chi connectivity index (χ4v) is 5.91. The molecule has 3 aromatic heterocycles. The first-order valence-corrected chi connectivity index (χ1v) is 11.1. The third-order valence-electron chi connectivity index (χ3n) is 6.13. The zero-order valence-corrected chi connectivity index (χ0v) is 17.3. The van der Waals surface area contributed by atoms with Crippen molar-refractivity contribution in [3.8, 4) is 0 Å². The van der Waals surface area contributed by atoms with Crippen molar-refractivity contribution in [1.82, 2.24) is 24.5 Å². The summed E-state index contributed by atoms with van der Waals surface area (Å²) in [5.41, 5.74) is 3.00. The van der Waals surface area contributed by atoms with Crippen LogP contribution in [0.4, 0.5) is 0 Å². The number of nitrogens with zero attached hydrogens (tertiary/aromatic N) is 5. The van der Waals surface area contributed by atoms with Gasteiger partial charge in [-0.25, -0.2) is 14.5 Å². The van der Waals surface area contributed by atoms with Gasteiger partial charge in [0, 0.05) is 4.88 Å². The molecular weight excluding hydrogens is 398 g/mol. The minimum atomic E-state index is -0.512. The van der Waals surface area contributed by atoms with E-state index in [1.54, 1.807) is 46.4 Å². The van der Waals surface area contributed by atoms with Gasteiger partial charge in [-0.05, 0) is 49.8 Å². The Morgan fingerprint density at radius 3 is 2.57 bits per heavy atom. The molecule has 30 heavy (non-hydrogen) atoms. The van der Waals surface area contributed by atoms with Gasteiger partial charge in [-0.3, -0.25) is 14.5 Å². The fourth-order valence-electron chi connectivity index (χ4n) is 4.68. The van der Waals surface area contributed by atoms with E-state index < -0.39 is 6.04 Å². The highest BCUT2D eigenvalue weighted by atomic mass is 32.1. The van der Waals surface area contributed by atoms with Crippen molar-refractivity contribution in [1.29, 1.82) is 0 Å². The number of amides is 2. The number of thiophene rings is 1. The first kappa shape index (κ1) is 17.7. The zero-order chi connectivity index (χ0) is 20.4. The molecule has 0 saturated carbocycles. The van der Waals surface area contributed by atoms with Crippen LogP contribution in [0.1, 0.15) is 69.2 Å². The summed E-state index contributed by atoms with van der Waals surface area (Å²) in [7, 11) is 0. The number of hydrogen-bond acceptors (Lipinski definition) is 6. The van der Waals surface area contributed by atoms with Gasteiger partial charge in [-0.15, -0.1) is 16.4 Å². The third kappa shape index (κ3) is 2.34. The highest BCUT2D eigenvalue weighted by Gasteiger charge is 2.41. The lowest BCUT2D eigenvalue weighted by Gasteiger charge is -2.22. The van der Waals surface area contributed by atoms with Gasteiger partial charge in [0.25, 0.3) is 11.8 Å². The third-order valence-corrected chi connectivity index (χ3v) is 7.33. The SMILES string of the molecule is CC[C@H](c1nc2c3c4c(sc3ncn2n1)CCCC4)N1C(=O)c2ccccc2C1=O. The van der Waals surface area contributed by atoms with E-state index in [4.69, 9.17) is 4.98 Å². The molecule has 4 aromatic rings. The van der Waals surface area contributed by atoms with E-state index in [-0.39, 0.29) is 11.8 Å². The van der Waals surface area contributed by atoms with Crippen LogP contribution in [0.3, 0.4) is 0 Å². The van der Waals surface area contributed by atoms with Crippen molar-refractivity contribution in [2.24, 2.45) is 0 Å². The van der Waals surface area contributed by atoms with Gasteiger partial charge in [0.1, 0.15) is 17.2 Å². The van der Waals surface area contributed by atoms with E-state index in [1.165, 1.54) is 28.2 Å². The van der Waals surface area contributed by atoms with Crippen LogP contribution >= 0.6 is 11.3 Å². The summed E-state index contributed by atoms with van der Waals surface area (Å²) in [5, 5.41) is 5.72. The van der Waals surface area contributed by atoms with E-state index in [9.17, 15) is 9.59 Å². The Balaban J connectivity index is 1.49. The van der Waals surface area contributed by atoms with Crippen molar-refractivity contribution >= 4 is 39.0 Å². The standard InChI is InChI=1S/C22H19N5O2S/c1-2-15(27-21(28)12-7-3-4-8-13(12)22(27)29)18-24-19-17-14-9-5-6-10-16(14)30-20(17)23-11-26(19)25-18/h3-4,7-8,11,15H,2,5-6,9-10H2,1H3/t15-/m1/s1. The maximum atomic E-state index is 13.0. The van der Waals surface area contributed by atoms with E-state index in [0.29, 0.717) is 23.4 Å². The number of hydrogen-bond donors (Lipinski definition) is 0. The molecule has 1 aromatic carbocycles. The molecule has 1 atom stereocenters. The van der Waals surface area contributed by atoms with Crippen LogP contribution in [0.25, 0.3) is 15.9 Å². The van der Waals surface area contributed by atoms with E-state index in [1.807, 2.05) is 6.92 Å². The summed E-state index contributed by atoms with van der Waals surface area (Å²) in [6.45, 7) is 1.94. The molecule has 1 aliphatic heterocycles. The zero-order valence-electron chi connectivity index (χ0n) is 16.5. The van der Waals surface area contributed by atoms with Crippen molar-refractivity contribution in [2.75, 3.05) is 0 Å². The largest absolute Gasteiger partial charge is 0.269 e. The van der Waals surface area contributed by atoms with Gasteiger partial charge in [-0.2, -0.15) is 0 Å². The van der Waals surface area contributed by atoms with Crippen LogP contribution in [0.5, 0.6) is 0 Å². The fraction of sp³-hybridized carbons (Fsp3) is 0.318. The first-order chi connectivity index (χ1) is 14.7. The molecule has 4 heterocycles. The van der Waals surface area contributed by atoms with Crippen LogP contribution in [-0.2, 0) is 12.8 Å². The number of imide groups is 1. The van der Waals surface area contributed by atoms with Crippen LogP contribution in [0.2, 0.25) is 0 Å². The predicted molar refractivity (Wildman–Crippen MR) is 113 cm³/mol. The number of aromatic nitrogens is 4. The van der Waals surface area contributed by atoms with Gasteiger partial charge in [0.15, 0.2) is 11.5 Å². The Hall–Kier alpha value is -3.13. The highest BCUT2D eigenvalue weighted by Crippen LogP contribution is 2.38.